The Hall–Kier alpha value is -1.76. The van der Waals surface area contributed by atoms with Crippen molar-refractivity contribution in [3.05, 3.63) is 59.7 Å². The maximum atomic E-state index is 2.30. The summed E-state index contributed by atoms with van der Waals surface area (Å²) in [5, 5.41) is 0. The second-order valence-corrected chi connectivity index (χ2v) is 6.22. The largest absolute Gasteiger partial charge is 0.344 e. The number of benzene rings is 2. The van der Waals surface area contributed by atoms with E-state index in [-0.39, 0.29) is 5.41 Å². The fourth-order valence-corrected chi connectivity index (χ4v) is 2.86. The van der Waals surface area contributed by atoms with Crippen LogP contribution in [-0.4, -0.2) is 7.05 Å². The standard InChI is InChI=1S/C16H17N.C4H10.2C2H6/c1-16(2)12-8-4-6-10-14(12)17(3)15-11-7-5-9-13(15)16;1-3-4-2;2*1-2/h4-11H,1-3H3;3-4H2,1-2H3;2*1-2H3. The minimum atomic E-state index is 0.0830. The van der Waals surface area contributed by atoms with Gasteiger partial charge >= 0.3 is 0 Å². The van der Waals surface area contributed by atoms with Crippen LogP contribution in [0.15, 0.2) is 48.5 Å². The molecule has 1 heterocycles. The number of unbranched alkanes of at least 4 members (excludes halogenated alkanes) is 1. The van der Waals surface area contributed by atoms with Gasteiger partial charge in [-0.1, -0.05) is 105 Å². The lowest BCUT2D eigenvalue weighted by Gasteiger charge is -2.40. The Morgan fingerprint density at radius 1 is 0.680 bits per heavy atom. The molecule has 3 rings (SSSR count). The molecular formula is C24H39N. The SMILES string of the molecule is CC.CC.CCCC.CN1c2ccccc2C(C)(C)c2ccccc21. The summed E-state index contributed by atoms with van der Waals surface area (Å²) >= 11 is 0. The van der Waals surface area contributed by atoms with Gasteiger partial charge in [-0.05, 0) is 23.3 Å². The molecule has 0 bridgehead atoms. The normalized spacial score (nSPS) is 12.8. The van der Waals surface area contributed by atoms with Gasteiger partial charge in [0.2, 0.25) is 0 Å². The highest BCUT2D eigenvalue weighted by molar-refractivity contribution is 5.77. The number of para-hydroxylation sites is 2. The van der Waals surface area contributed by atoms with Crippen LogP contribution in [0.25, 0.3) is 0 Å². The Bertz CT molecular complexity index is 547. The third-order valence-corrected chi connectivity index (χ3v) is 4.38. The Labute approximate surface area is 157 Å². The molecule has 0 N–H and O–H groups in total. The lowest BCUT2D eigenvalue weighted by Crippen LogP contribution is -2.30. The molecule has 1 aliphatic heterocycles. The zero-order chi connectivity index (χ0) is 19.5. The first-order valence-electron chi connectivity index (χ1n) is 9.96. The topological polar surface area (TPSA) is 3.24 Å². The van der Waals surface area contributed by atoms with Gasteiger partial charge in [-0.3, -0.25) is 0 Å². The van der Waals surface area contributed by atoms with E-state index in [9.17, 15) is 0 Å². The highest BCUT2D eigenvalue weighted by Gasteiger charge is 2.34. The van der Waals surface area contributed by atoms with Crippen molar-refractivity contribution in [2.45, 2.75) is 73.6 Å². The molecule has 0 amide bonds. The van der Waals surface area contributed by atoms with Crippen LogP contribution in [0.5, 0.6) is 0 Å². The summed E-state index contributed by atoms with van der Waals surface area (Å²) in [6.45, 7) is 17.0. The van der Waals surface area contributed by atoms with Crippen molar-refractivity contribution >= 4 is 11.4 Å². The molecule has 0 saturated heterocycles. The molecule has 0 atom stereocenters. The third-order valence-electron chi connectivity index (χ3n) is 4.38. The fraction of sp³-hybridized carbons (Fsp3) is 0.500. The van der Waals surface area contributed by atoms with Crippen LogP contribution in [-0.2, 0) is 5.41 Å². The summed E-state index contributed by atoms with van der Waals surface area (Å²) in [5.74, 6) is 0. The lowest BCUT2D eigenvalue weighted by atomic mass is 9.74. The van der Waals surface area contributed by atoms with E-state index in [1.54, 1.807) is 0 Å². The number of hydrogen-bond donors (Lipinski definition) is 0. The van der Waals surface area contributed by atoms with E-state index < -0.39 is 0 Å². The molecule has 2 aromatic carbocycles. The van der Waals surface area contributed by atoms with Gasteiger partial charge in [0.15, 0.2) is 0 Å². The molecule has 0 aromatic heterocycles. The summed E-state index contributed by atoms with van der Waals surface area (Å²) in [4.78, 5) is 2.29. The van der Waals surface area contributed by atoms with E-state index in [4.69, 9.17) is 0 Å². The summed E-state index contributed by atoms with van der Waals surface area (Å²) in [7, 11) is 2.15. The molecule has 0 fully saturated rings. The smallest absolute Gasteiger partial charge is 0.0449 e. The van der Waals surface area contributed by atoms with Crippen LogP contribution in [0.2, 0.25) is 0 Å². The Balaban J connectivity index is 0.000000625. The predicted molar refractivity (Wildman–Crippen MR) is 116 cm³/mol. The summed E-state index contributed by atoms with van der Waals surface area (Å²) < 4.78 is 0. The Morgan fingerprint density at radius 2 is 1.00 bits per heavy atom. The van der Waals surface area contributed by atoms with Crippen LogP contribution in [0, 0.1) is 0 Å². The Morgan fingerprint density at radius 3 is 1.32 bits per heavy atom. The minimum absolute atomic E-state index is 0.0830. The highest BCUT2D eigenvalue weighted by Crippen LogP contribution is 2.47. The molecule has 0 spiro atoms. The average molecular weight is 342 g/mol. The maximum absolute atomic E-state index is 2.30. The van der Waals surface area contributed by atoms with Crippen molar-refractivity contribution in [1.82, 2.24) is 0 Å². The van der Waals surface area contributed by atoms with Crippen LogP contribution in [0.4, 0.5) is 11.4 Å². The zero-order valence-corrected chi connectivity index (χ0v) is 18.0. The monoisotopic (exact) mass is 341 g/mol. The first-order chi connectivity index (χ1) is 12.0. The number of fused-ring (bicyclic) bond motifs is 2. The molecular weight excluding hydrogens is 302 g/mol. The minimum Gasteiger partial charge on any atom is -0.344 e. The second kappa shape index (κ2) is 11.7. The first-order valence-corrected chi connectivity index (χ1v) is 9.96. The van der Waals surface area contributed by atoms with E-state index in [1.807, 2.05) is 27.7 Å². The molecule has 1 aliphatic rings. The van der Waals surface area contributed by atoms with Crippen molar-refractivity contribution in [3.8, 4) is 0 Å². The van der Waals surface area contributed by atoms with Crippen molar-refractivity contribution in [3.63, 3.8) is 0 Å². The van der Waals surface area contributed by atoms with Gasteiger partial charge in [0, 0.05) is 23.8 Å². The van der Waals surface area contributed by atoms with E-state index in [1.165, 1.54) is 35.3 Å². The van der Waals surface area contributed by atoms with Gasteiger partial charge in [-0.15, -0.1) is 0 Å². The van der Waals surface area contributed by atoms with Crippen molar-refractivity contribution in [2.75, 3.05) is 11.9 Å². The predicted octanol–water partition coefficient (Wildman–Crippen LogP) is 7.95. The van der Waals surface area contributed by atoms with E-state index in [0.29, 0.717) is 0 Å². The van der Waals surface area contributed by atoms with Gasteiger partial charge in [0.25, 0.3) is 0 Å². The molecule has 2 aromatic rings. The molecule has 25 heavy (non-hydrogen) atoms. The van der Waals surface area contributed by atoms with Crippen molar-refractivity contribution in [1.29, 1.82) is 0 Å². The van der Waals surface area contributed by atoms with Crippen molar-refractivity contribution < 1.29 is 0 Å². The number of hydrogen-bond acceptors (Lipinski definition) is 1. The van der Waals surface area contributed by atoms with Crippen molar-refractivity contribution in [2.24, 2.45) is 0 Å². The molecule has 0 unspecified atom stereocenters. The molecule has 140 valence electrons. The summed E-state index contributed by atoms with van der Waals surface area (Å²) in [6, 6.07) is 17.4. The Kier molecular flexibility index (Phi) is 10.9. The summed E-state index contributed by atoms with van der Waals surface area (Å²) in [6.07, 6.45) is 2.64. The molecule has 1 heteroatoms. The molecule has 0 saturated carbocycles. The fourth-order valence-electron chi connectivity index (χ4n) is 2.86. The third kappa shape index (κ3) is 5.36. The quantitative estimate of drug-likeness (QED) is 0.508. The van der Waals surface area contributed by atoms with Gasteiger partial charge in [-0.2, -0.15) is 0 Å². The lowest BCUT2D eigenvalue weighted by molar-refractivity contribution is 0.629. The van der Waals surface area contributed by atoms with E-state index in [2.05, 4.69) is 88.2 Å². The zero-order valence-electron chi connectivity index (χ0n) is 18.0. The number of nitrogens with zero attached hydrogens (tertiary/aromatic N) is 1. The molecule has 1 nitrogen and oxygen atoms in total. The number of rotatable bonds is 1. The highest BCUT2D eigenvalue weighted by atomic mass is 15.1. The van der Waals surface area contributed by atoms with Gasteiger partial charge < -0.3 is 4.90 Å². The average Bonchev–Trinajstić information content (AvgIpc) is 2.70. The van der Waals surface area contributed by atoms with E-state index >= 15 is 0 Å². The van der Waals surface area contributed by atoms with E-state index in [0.717, 1.165) is 0 Å². The first kappa shape index (κ1) is 23.2. The second-order valence-electron chi connectivity index (χ2n) is 6.22. The van der Waals surface area contributed by atoms with Crippen LogP contribution in [0.3, 0.4) is 0 Å². The number of anilines is 2. The van der Waals surface area contributed by atoms with Crippen LogP contribution >= 0.6 is 0 Å². The van der Waals surface area contributed by atoms with Crippen LogP contribution < -0.4 is 4.90 Å². The summed E-state index contributed by atoms with van der Waals surface area (Å²) in [5.41, 5.74) is 5.52. The maximum Gasteiger partial charge on any atom is 0.0449 e. The van der Waals surface area contributed by atoms with Gasteiger partial charge in [0.05, 0.1) is 0 Å². The molecule has 0 aliphatic carbocycles. The molecule has 0 radical (unpaired) electrons. The van der Waals surface area contributed by atoms with Crippen LogP contribution in [0.1, 0.15) is 79.4 Å². The van der Waals surface area contributed by atoms with Gasteiger partial charge in [0.1, 0.15) is 0 Å². The van der Waals surface area contributed by atoms with Gasteiger partial charge in [-0.25, -0.2) is 0 Å².